The number of aryl methyl sites for hydroxylation is 2. The van der Waals surface area contributed by atoms with Crippen molar-refractivity contribution in [3.63, 3.8) is 0 Å². The lowest BCUT2D eigenvalue weighted by Gasteiger charge is -2.13. The van der Waals surface area contributed by atoms with E-state index in [0.717, 1.165) is 16.7 Å². The zero-order chi connectivity index (χ0) is 15.8. The minimum absolute atomic E-state index is 0.134. The Bertz CT molecular complexity index is 495. The highest BCUT2D eigenvalue weighted by atomic mass is 16.6. The Morgan fingerprint density at radius 3 is 2.38 bits per heavy atom. The van der Waals surface area contributed by atoms with Crippen LogP contribution in [0.15, 0.2) is 12.1 Å². The summed E-state index contributed by atoms with van der Waals surface area (Å²) in [6.45, 7) is 4.39. The SMILES string of the molecule is BC(=O)OCc1cc(C)c(OC(=O)COCCN)c(C)c1. The quantitative estimate of drug-likeness (QED) is 0.340. The number of esters is 1. The molecule has 1 rings (SSSR count). The minimum Gasteiger partial charge on any atom is -0.469 e. The molecule has 0 aliphatic rings. The number of benzene rings is 1. The van der Waals surface area contributed by atoms with Crippen LogP contribution in [0.25, 0.3) is 0 Å². The molecule has 0 atom stereocenters. The molecule has 0 amide bonds. The van der Waals surface area contributed by atoms with Crippen LogP contribution >= 0.6 is 0 Å². The molecule has 21 heavy (non-hydrogen) atoms. The normalized spacial score (nSPS) is 10.2. The molecule has 2 N–H and O–H groups in total. The van der Waals surface area contributed by atoms with E-state index in [1.54, 1.807) is 0 Å². The molecule has 0 aromatic heterocycles. The monoisotopic (exact) mass is 293 g/mol. The van der Waals surface area contributed by atoms with Gasteiger partial charge in [-0.15, -0.1) is 0 Å². The maximum absolute atomic E-state index is 11.6. The molecule has 0 radical (unpaired) electrons. The first-order chi connectivity index (χ1) is 9.93. The summed E-state index contributed by atoms with van der Waals surface area (Å²) in [6, 6.07) is 3.64. The fourth-order valence-corrected chi connectivity index (χ4v) is 1.85. The highest BCUT2D eigenvalue weighted by Crippen LogP contribution is 2.25. The molecular formula is C14H20BNO5. The van der Waals surface area contributed by atoms with Crippen molar-refractivity contribution in [2.75, 3.05) is 19.8 Å². The van der Waals surface area contributed by atoms with Gasteiger partial charge in [-0.05, 0) is 42.7 Å². The molecule has 114 valence electrons. The Morgan fingerprint density at radius 1 is 1.24 bits per heavy atom. The molecule has 0 fully saturated rings. The van der Waals surface area contributed by atoms with Crippen LogP contribution in [0, 0.1) is 13.8 Å². The topological polar surface area (TPSA) is 87.8 Å². The van der Waals surface area contributed by atoms with E-state index < -0.39 is 5.97 Å². The molecule has 0 heterocycles. The van der Waals surface area contributed by atoms with Crippen molar-refractivity contribution in [2.45, 2.75) is 20.5 Å². The maximum Gasteiger partial charge on any atom is 0.337 e. The Balaban J connectivity index is 2.71. The zero-order valence-corrected chi connectivity index (χ0v) is 12.6. The fraction of sp³-hybridized carbons (Fsp3) is 0.429. The van der Waals surface area contributed by atoms with Gasteiger partial charge in [0.05, 0.1) is 6.61 Å². The van der Waals surface area contributed by atoms with Gasteiger partial charge in [-0.3, -0.25) is 4.79 Å². The number of hydrogen-bond donors (Lipinski definition) is 1. The van der Waals surface area contributed by atoms with Gasteiger partial charge in [0.25, 0.3) is 0 Å². The molecule has 0 saturated heterocycles. The van der Waals surface area contributed by atoms with Crippen LogP contribution in [0.1, 0.15) is 16.7 Å². The highest BCUT2D eigenvalue weighted by Gasteiger charge is 2.12. The van der Waals surface area contributed by atoms with Crippen molar-refractivity contribution in [3.8, 4) is 5.75 Å². The minimum atomic E-state index is -0.470. The average molecular weight is 293 g/mol. The Morgan fingerprint density at radius 2 is 1.86 bits per heavy atom. The highest BCUT2D eigenvalue weighted by molar-refractivity contribution is 6.55. The number of rotatable bonds is 7. The number of ether oxygens (including phenoxy) is 3. The van der Waals surface area contributed by atoms with E-state index >= 15 is 0 Å². The van der Waals surface area contributed by atoms with Gasteiger partial charge < -0.3 is 19.9 Å². The summed E-state index contributed by atoms with van der Waals surface area (Å²) in [6.07, 6.45) is 0. The van der Waals surface area contributed by atoms with Crippen molar-refractivity contribution in [1.29, 1.82) is 0 Å². The van der Waals surface area contributed by atoms with Crippen molar-refractivity contribution in [1.82, 2.24) is 0 Å². The standard InChI is InChI=1S/C14H20BNO5/c1-9-5-11(7-20-14(15)18)6-10(2)13(9)21-12(17)8-19-4-3-16/h5-6H,3-4,7-8,15-16H2,1-2H3. The number of nitrogens with two attached hydrogens (primary N) is 1. The maximum atomic E-state index is 11.6. The van der Waals surface area contributed by atoms with Crippen molar-refractivity contribution >= 4 is 19.7 Å². The molecule has 1 aromatic rings. The lowest BCUT2D eigenvalue weighted by atomic mass is 10.1. The number of carbonyl (C=O) groups excluding carboxylic acids is 2. The summed E-state index contributed by atoms with van der Waals surface area (Å²) >= 11 is 0. The van der Waals surface area contributed by atoms with Gasteiger partial charge in [0.15, 0.2) is 0 Å². The Labute approximate surface area is 125 Å². The summed E-state index contributed by atoms with van der Waals surface area (Å²) in [4.78, 5) is 22.4. The van der Waals surface area contributed by atoms with Crippen LogP contribution in [-0.4, -0.2) is 39.4 Å². The van der Waals surface area contributed by atoms with Crippen LogP contribution < -0.4 is 10.5 Å². The van der Waals surface area contributed by atoms with E-state index in [4.69, 9.17) is 19.9 Å². The zero-order valence-electron chi connectivity index (χ0n) is 12.6. The van der Waals surface area contributed by atoms with E-state index in [0.29, 0.717) is 18.9 Å². The van der Waals surface area contributed by atoms with Crippen LogP contribution in [0.5, 0.6) is 5.75 Å². The van der Waals surface area contributed by atoms with Crippen LogP contribution in [-0.2, 0) is 20.9 Å². The van der Waals surface area contributed by atoms with Crippen LogP contribution in [0.2, 0.25) is 0 Å². The van der Waals surface area contributed by atoms with Gasteiger partial charge in [0.1, 0.15) is 19.0 Å². The second kappa shape index (κ2) is 8.44. The van der Waals surface area contributed by atoms with Crippen molar-refractivity contribution in [3.05, 3.63) is 28.8 Å². The lowest BCUT2D eigenvalue weighted by molar-refractivity contribution is -0.139. The van der Waals surface area contributed by atoms with E-state index in [1.165, 1.54) is 7.85 Å². The molecule has 0 aliphatic heterocycles. The van der Waals surface area contributed by atoms with Crippen molar-refractivity contribution < 1.29 is 23.8 Å². The van der Waals surface area contributed by atoms with E-state index in [-0.39, 0.29) is 19.1 Å². The Kier molecular flexibility index (Phi) is 6.91. The van der Waals surface area contributed by atoms with Gasteiger partial charge in [-0.2, -0.15) is 0 Å². The third-order valence-electron chi connectivity index (χ3n) is 2.66. The number of hydrogen-bond acceptors (Lipinski definition) is 6. The Hall–Kier alpha value is -1.86. The molecule has 0 aliphatic carbocycles. The molecule has 7 heteroatoms. The largest absolute Gasteiger partial charge is 0.469 e. The first kappa shape index (κ1) is 17.2. The van der Waals surface area contributed by atoms with E-state index in [9.17, 15) is 9.59 Å². The van der Waals surface area contributed by atoms with Crippen molar-refractivity contribution in [2.24, 2.45) is 5.73 Å². The number of carbonyl (C=O) groups is 2. The molecule has 1 aromatic carbocycles. The summed E-state index contributed by atoms with van der Waals surface area (Å²) in [5.74, 6) is -0.303. The van der Waals surface area contributed by atoms with Gasteiger partial charge in [-0.25, -0.2) is 4.79 Å². The molecule has 0 saturated carbocycles. The second-order valence-electron chi connectivity index (χ2n) is 4.65. The van der Waals surface area contributed by atoms with Gasteiger partial charge in [-0.1, -0.05) is 0 Å². The van der Waals surface area contributed by atoms with Crippen LogP contribution in [0.4, 0.5) is 4.79 Å². The molecular weight excluding hydrogens is 273 g/mol. The first-order valence-corrected chi connectivity index (χ1v) is 6.66. The van der Waals surface area contributed by atoms with Gasteiger partial charge >= 0.3 is 5.97 Å². The molecule has 0 spiro atoms. The first-order valence-electron chi connectivity index (χ1n) is 6.66. The third kappa shape index (κ3) is 5.97. The molecule has 6 nitrogen and oxygen atoms in total. The van der Waals surface area contributed by atoms with E-state index in [1.807, 2.05) is 26.0 Å². The summed E-state index contributed by atoms with van der Waals surface area (Å²) < 4.78 is 15.3. The predicted octanol–water partition coefficient (Wildman–Crippen LogP) is 0.454. The predicted molar refractivity (Wildman–Crippen MR) is 80.2 cm³/mol. The van der Waals surface area contributed by atoms with Gasteiger partial charge in [0.2, 0.25) is 13.7 Å². The van der Waals surface area contributed by atoms with E-state index in [2.05, 4.69) is 0 Å². The molecule has 0 bridgehead atoms. The smallest absolute Gasteiger partial charge is 0.337 e. The molecule has 0 unspecified atom stereocenters. The van der Waals surface area contributed by atoms with Gasteiger partial charge in [0, 0.05) is 6.54 Å². The average Bonchev–Trinajstić information content (AvgIpc) is 2.41. The summed E-state index contributed by atoms with van der Waals surface area (Å²) in [5, 5.41) is 0. The lowest BCUT2D eigenvalue weighted by Crippen LogP contribution is -2.19. The van der Waals surface area contributed by atoms with Crippen LogP contribution in [0.3, 0.4) is 0 Å². The summed E-state index contributed by atoms with van der Waals surface area (Å²) in [7, 11) is 1.36. The fourth-order valence-electron chi connectivity index (χ4n) is 1.85. The second-order valence-corrected chi connectivity index (χ2v) is 4.65. The third-order valence-corrected chi connectivity index (χ3v) is 2.66. The summed E-state index contributed by atoms with van der Waals surface area (Å²) in [5.41, 5.74) is 7.71.